The molecule has 1 unspecified atom stereocenters. The molecule has 0 aromatic heterocycles. The number of hydrogen-bond acceptors (Lipinski definition) is 0. The Kier molecular flexibility index (Phi) is 2.87. The van der Waals surface area contributed by atoms with Crippen LogP contribution in [0, 0.1) is 5.92 Å². The minimum absolute atomic E-state index is 0.875. The summed E-state index contributed by atoms with van der Waals surface area (Å²) in [6.45, 7) is 2.28. The fraction of sp³-hybridized carbons (Fsp3) is 0.692. The van der Waals surface area contributed by atoms with E-state index in [9.17, 15) is 0 Å². The summed E-state index contributed by atoms with van der Waals surface area (Å²) in [5.74, 6) is 0.875. The molecular weight excluding hydrogens is 156 g/mol. The van der Waals surface area contributed by atoms with E-state index < -0.39 is 0 Å². The summed E-state index contributed by atoms with van der Waals surface area (Å²) in [6, 6.07) is 0. The minimum Gasteiger partial charge on any atom is -0.0654 e. The van der Waals surface area contributed by atoms with Gasteiger partial charge in [0.05, 0.1) is 0 Å². The molecule has 0 bridgehead atoms. The number of allylic oxidation sites excluding steroid dienone is 4. The van der Waals surface area contributed by atoms with E-state index in [-0.39, 0.29) is 0 Å². The molecule has 0 nitrogen and oxygen atoms in total. The second-order valence-electron chi connectivity index (χ2n) is 4.39. The molecule has 0 amide bonds. The molecule has 72 valence electrons. The SMILES string of the molecule is CCCCC1=CC=C2CCCCC12. The summed E-state index contributed by atoms with van der Waals surface area (Å²) in [6.07, 6.45) is 14.5. The Morgan fingerprint density at radius 3 is 3.08 bits per heavy atom. The lowest BCUT2D eigenvalue weighted by Crippen LogP contribution is -2.09. The summed E-state index contributed by atoms with van der Waals surface area (Å²) >= 11 is 0. The first kappa shape index (κ1) is 9.05. The van der Waals surface area contributed by atoms with Crippen LogP contribution in [0.3, 0.4) is 0 Å². The summed E-state index contributed by atoms with van der Waals surface area (Å²) in [4.78, 5) is 0. The molecule has 0 heterocycles. The van der Waals surface area contributed by atoms with Crippen LogP contribution >= 0.6 is 0 Å². The van der Waals surface area contributed by atoms with E-state index in [2.05, 4.69) is 19.1 Å². The molecule has 0 saturated heterocycles. The quantitative estimate of drug-likeness (QED) is 0.603. The predicted octanol–water partition coefficient (Wildman–Crippen LogP) is 4.23. The van der Waals surface area contributed by atoms with Gasteiger partial charge >= 0.3 is 0 Å². The van der Waals surface area contributed by atoms with E-state index in [1.807, 2.05) is 0 Å². The van der Waals surface area contributed by atoms with Crippen molar-refractivity contribution in [3.05, 3.63) is 23.3 Å². The highest BCUT2D eigenvalue weighted by Gasteiger charge is 2.24. The Labute approximate surface area is 81.7 Å². The molecule has 13 heavy (non-hydrogen) atoms. The van der Waals surface area contributed by atoms with Crippen molar-refractivity contribution >= 4 is 0 Å². The van der Waals surface area contributed by atoms with Crippen LogP contribution in [0.4, 0.5) is 0 Å². The van der Waals surface area contributed by atoms with Crippen molar-refractivity contribution in [2.75, 3.05) is 0 Å². The monoisotopic (exact) mass is 176 g/mol. The number of rotatable bonds is 3. The molecule has 0 N–H and O–H groups in total. The lowest BCUT2D eigenvalue weighted by atomic mass is 9.81. The Bertz CT molecular complexity index is 232. The fourth-order valence-electron chi connectivity index (χ4n) is 2.63. The minimum atomic E-state index is 0.875. The molecule has 0 aliphatic heterocycles. The standard InChI is InChI=1S/C13H20/c1-2-3-6-11-9-10-12-7-4-5-8-13(11)12/h9-10,13H,2-8H2,1H3. The van der Waals surface area contributed by atoms with E-state index in [4.69, 9.17) is 0 Å². The van der Waals surface area contributed by atoms with Crippen LogP contribution in [-0.4, -0.2) is 0 Å². The van der Waals surface area contributed by atoms with E-state index in [0.29, 0.717) is 0 Å². The van der Waals surface area contributed by atoms with Gasteiger partial charge in [-0.2, -0.15) is 0 Å². The van der Waals surface area contributed by atoms with Crippen LogP contribution in [0.1, 0.15) is 51.9 Å². The summed E-state index contributed by atoms with van der Waals surface area (Å²) in [5, 5.41) is 0. The highest BCUT2D eigenvalue weighted by atomic mass is 14.3. The van der Waals surface area contributed by atoms with Gasteiger partial charge in [0.1, 0.15) is 0 Å². The zero-order valence-electron chi connectivity index (χ0n) is 8.68. The lowest BCUT2D eigenvalue weighted by molar-refractivity contribution is 0.495. The average molecular weight is 176 g/mol. The first-order valence-electron chi connectivity index (χ1n) is 5.81. The third kappa shape index (κ3) is 1.87. The largest absolute Gasteiger partial charge is 0.0654 e. The number of fused-ring (bicyclic) bond motifs is 1. The molecule has 0 aromatic carbocycles. The Morgan fingerprint density at radius 2 is 2.23 bits per heavy atom. The van der Waals surface area contributed by atoms with Crippen LogP contribution in [0.2, 0.25) is 0 Å². The third-order valence-corrected chi connectivity index (χ3v) is 3.43. The number of unbranched alkanes of at least 4 members (excludes halogenated alkanes) is 1. The van der Waals surface area contributed by atoms with Crippen LogP contribution in [-0.2, 0) is 0 Å². The molecule has 0 heteroatoms. The molecule has 1 fully saturated rings. The van der Waals surface area contributed by atoms with Gasteiger partial charge in [-0.25, -0.2) is 0 Å². The van der Waals surface area contributed by atoms with Crippen LogP contribution < -0.4 is 0 Å². The van der Waals surface area contributed by atoms with Gasteiger partial charge in [0.15, 0.2) is 0 Å². The Balaban J connectivity index is 1.94. The highest BCUT2D eigenvalue weighted by Crippen LogP contribution is 2.40. The maximum absolute atomic E-state index is 2.40. The van der Waals surface area contributed by atoms with Crippen LogP contribution in [0.25, 0.3) is 0 Å². The van der Waals surface area contributed by atoms with Gasteiger partial charge in [-0.3, -0.25) is 0 Å². The first-order chi connectivity index (χ1) is 6.42. The molecule has 2 aliphatic rings. The van der Waals surface area contributed by atoms with Gasteiger partial charge in [0, 0.05) is 5.92 Å². The first-order valence-corrected chi connectivity index (χ1v) is 5.81. The van der Waals surface area contributed by atoms with Crippen LogP contribution in [0.15, 0.2) is 23.3 Å². The van der Waals surface area contributed by atoms with Crippen molar-refractivity contribution in [1.29, 1.82) is 0 Å². The number of hydrogen-bond donors (Lipinski definition) is 0. The maximum atomic E-state index is 2.40. The lowest BCUT2D eigenvalue weighted by Gasteiger charge is -2.24. The van der Waals surface area contributed by atoms with Gasteiger partial charge in [-0.1, -0.05) is 43.1 Å². The zero-order chi connectivity index (χ0) is 9.10. The van der Waals surface area contributed by atoms with Crippen molar-refractivity contribution in [2.24, 2.45) is 5.92 Å². The van der Waals surface area contributed by atoms with Crippen molar-refractivity contribution in [2.45, 2.75) is 51.9 Å². The molecule has 0 spiro atoms. The predicted molar refractivity (Wildman–Crippen MR) is 57.6 cm³/mol. The highest BCUT2D eigenvalue weighted by molar-refractivity contribution is 5.35. The second kappa shape index (κ2) is 4.13. The van der Waals surface area contributed by atoms with Gasteiger partial charge in [-0.05, 0) is 32.1 Å². The van der Waals surface area contributed by atoms with Gasteiger partial charge in [0.2, 0.25) is 0 Å². The molecule has 2 rings (SSSR count). The fourth-order valence-corrected chi connectivity index (χ4v) is 2.63. The van der Waals surface area contributed by atoms with Gasteiger partial charge < -0.3 is 0 Å². The van der Waals surface area contributed by atoms with Crippen molar-refractivity contribution in [1.82, 2.24) is 0 Å². The summed E-state index contributed by atoms with van der Waals surface area (Å²) < 4.78 is 0. The van der Waals surface area contributed by atoms with E-state index >= 15 is 0 Å². The Morgan fingerprint density at radius 1 is 1.31 bits per heavy atom. The summed E-state index contributed by atoms with van der Waals surface area (Å²) in [7, 11) is 0. The second-order valence-corrected chi connectivity index (χ2v) is 4.39. The molecular formula is C13H20. The van der Waals surface area contributed by atoms with Crippen molar-refractivity contribution in [3.63, 3.8) is 0 Å². The van der Waals surface area contributed by atoms with E-state index in [1.54, 1.807) is 11.1 Å². The smallest absolute Gasteiger partial charge is 0.00132 e. The van der Waals surface area contributed by atoms with Crippen molar-refractivity contribution < 1.29 is 0 Å². The Hall–Kier alpha value is -0.520. The van der Waals surface area contributed by atoms with Crippen molar-refractivity contribution in [3.8, 4) is 0 Å². The van der Waals surface area contributed by atoms with Gasteiger partial charge in [-0.15, -0.1) is 0 Å². The molecule has 1 atom stereocenters. The van der Waals surface area contributed by atoms with Gasteiger partial charge in [0.25, 0.3) is 0 Å². The maximum Gasteiger partial charge on any atom is 0.00132 e. The normalized spacial score (nSPS) is 26.7. The molecule has 2 aliphatic carbocycles. The van der Waals surface area contributed by atoms with E-state index in [0.717, 1.165) is 5.92 Å². The average Bonchev–Trinajstić information content (AvgIpc) is 2.58. The topological polar surface area (TPSA) is 0 Å². The molecule has 0 radical (unpaired) electrons. The molecule has 1 saturated carbocycles. The summed E-state index contributed by atoms with van der Waals surface area (Å²) in [5.41, 5.74) is 3.47. The zero-order valence-corrected chi connectivity index (χ0v) is 8.68. The molecule has 0 aromatic rings. The van der Waals surface area contributed by atoms with Crippen LogP contribution in [0.5, 0.6) is 0 Å². The van der Waals surface area contributed by atoms with E-state index in [1.165, 1.54) is 44.9 Å². The third-order valence-electron chi connectivity index (χ3n) is 3.43.